The lowest BCUT2D eigenvalue weighted by atomic mass is 10.2. The molecule has 1 N–H and O–H groups in total. The number of hydrogen-bond acceptors (Lipinski definition) is 4. The van der Waals surface area contributed by atoms with Crippen LogP contribution in [0.15, 0.2) is 48.5 Å². The Morgan fingerprint density at radius 1 is 1.19 bits per heavy atom. The van der Waals surface area contributed by atoms with Gasteiger partial charge in [0.05, 0.1) is 16.7 Å². The first kappa shape index (κ1) is 17.1. The summed E-state index contributed by atoms with van der Waals surface area (Å²) in [7, 11) is 0. The topological polar surface area (TPSA) is 76.5 Å². The van der Waals surface area contributed by atoms with Crippen LogP contribution in [0.3, 0.4) is 0 Å². The number of aryl methyl sites for hydroxylation is 1. The molecular formula is C20H20N4O3. The molecule has 1 aliphatic rings. The lowest BCUT2D eigenvalue weighted by molar-refractivity contribution is -0.121. The number of fused-ring (bicyclic) bond motifs is 2. The van der Waals surface area contributed by atoms with Gasteiger partial charge in [0.25, 0.3) is 5.91 Å². The van der Waals surface area contributed by atoms with Crippen molar-refractivity contribution in [3.8, 4) is 5.75 Å². The number of rotatable bonds is 5. The van der Waals surface area contributed by atoms with Gasteiger partial charge in [-0.25, -0.2) is 4.98 Å². The van der Waals surface area contributed by atoms with E-state index in [0.717, 1.165) is 11.0 Å². The largest absolute Gasteiger partial charge is 0.482 e. The van der Waals surface area contributed by atoms with E-state index in [1.54, 1.807) is 4.90 Å². The predicted molar refractivity (Wildman–Crippen MR) is 103 cm³/mol. The Bertz CT molecular complexity index is 1010. The van der Waals surface area contributed by atoms with E-state index in [2.05, 4.69) is 10.3 Å². The summed E-state index contributed by atoms with van der Waals surface area (Å²) in [5, 5.41) is 2.87. The molecule has 27 heavy (non-hydrogen) atoms. The maximum Gasteiger partial charge on any atom is 0.265 e. The van der Waals surface area contributed by atoms with E-state index in [9.17, 15) is 9.59 Å². The number of anilines is 2. The van der Waals surface area contributed by atoms with Crippen molar-refractivity contribution in [2.45, 2.75) is 19.9 Å². The van der Waals surface area contributed by atoms with Gasteiger partial charge in [0.15, 0.2) is 6.61 Å². The molecule has 2 amide bonds. The van der Waals surface area contributed by atoms with Gasteiger partial charge in [-0.1, -0.05) is 24.3 Å². The van der Waals surface area contributed by atoms with Crippen LogP contribution in [0.1, 0.15) is 13.3 Å². The summed E-state index contributed by atoms with van der Waals surface area (Å²) < 4.78 is 7.39. The molecule has 0 saturated carbocycles. The minimum Gasteiger partial charge on any atom is -0.482 e. The number of carbonyl (C=O) groups excluding carboxylic acids is 2. The van der Waals surface area contributed by atoms with Gasteiger partial charge in [0, 0.05) is 19.5 Å². The van der Waals surface area contributed by atoms with Gasteiger partial charge < -0.3 is 14.2 Å². The zero-order chi connectivity index (χ0) is 18.8. The minimum atomic E-state index is -0.184. The molecule has 0 saturated heterocycles. The monoisotopic (exact) mass is 364 g/mol. The smallest absolute Gasteiger partial charge is 0.265 e. The molecule has 2 heterocycles. The highest BCUT2D eigenvalue weighted by atomic mass is 16.5. The average molecular weight is 364 g/mol. The number of imidazole rings is 1. The Balaban J connectivity index is 1.47. The molecule has 1 aliphatic heterocycles. The lowest BCUT2D eigenvalue weighted by Gasteiger charge is -2.29. The van der Waals surface area contributed by atoms with Crippen LogP contribution in [-0.2, 0) is 16.1 Å². The summed E-state index contributed by atoms with van der Waals surface area (Å²) in [6, 6.07) is 15.1. The SMILES string of the molecule is CCn1c(NC(=O)CCN2C(=O)COc3ccccc32)nc2ccccc21. The van der Waals surface area contributed by atoms with Gasteiger partial charge in [-0.2, -0.15) is 0 Å². The van der Waals surface area contributed by atoms with E-state index in [4.69, 9.17) is 4.74 Å². The molecule has 3 aromatic rings. The number of hydrogen-bond donors (Lipinski definition) is 1. The standard InChI is InChI=1S/C20H20N4O3/c1-2-23-15-8-4-3-7-14(15)21-20(23)22-18(25)11-12-24-16-9-5-6-10-17(16)27-13-19(24)26/h3-10H,2,11-13H2,1H3,(H,21,22,25). The number of carbonyl (C=O) groups is 2. The number of aromatic nitrogens is 2. The maximum atomic E-state index is 12.5. The third kappa shape index (κ3) is 3.23. The molecular weight excluding hydrogens is 344 g/mol. The molecule has 1 aromatic heterocycles. The second kappa shape index (κ2) is 7.11. The van der Waals surface area contributed by atoms with Crippen LogP contribution in [0, 0.1) is 0 Å². The fraction of sp³-hybridized carbons (Fsp3) is 0.250. The van der Waals surface area contributed by atoms with Crippen molar-refractivity contribution >= 4 is 34.5 Å². The fourth-order valence-electron chi connectivity index (χ4n) is 3.29. The van der Waals surface area contributed by atoms with Crippen molar-refractivity contribution < 1.29 is 14.3 Å². The molecule has 0 atom stereocenters. The van der Waals surface area contributed by atoms with Crippen LogP contribution in [0.2, 0.25) is 0 Å². The summed E-state index contributed by atoms with van der Waals surface area (Å²) >= 11 is 0. The van der Waals surface area contributed by atoms with Crippen LogP contribution in [-0.4, -0.2) is 34.5 Å². The van der Waals surface area contributed by atoms with E-state index in [1.165, 1.54) is 0 Å². The second-order valence-electron chi connectivity index (χ2n) is 6.27. The second-order valence-corrected chi connectivity index (χ2v) is 6.27. The van der Waals surface area contributed by atoms with Crippen LogP contribution < -0.4 is 15.0 Å². The van der Waals surface area contributed by atoms with Crippen LogP contribution in [0.5, 0.6) is 5.75 Å². The average Bonchev–Trinajstić information content (AvgIpc) is 3.04. The maximum absolute atomic E-state index is 12.5. The zero-order valence-electron chi connectivity index (χ0n) is 15.0. The molecule has 0 aliphatic carbocycles. The minimum absolute atomic E-state index is 0.00966. The lowest BCUT2D eigenvalue weighted by Crippen LogP contribution is -2.40. The van der Waals surface area contributed by atoms with Crippen molar-refractivity contribution in [2.75, 3.05) is 23.4 Å². The van der Waals surface area contributed by atoms with Crippen LogP contribution in [0.4, 0.5) is 11.6 Å². The van der Waals surface area contributed by atoms with Crippen LogP contribution in [0.25, 0.3) is 11.0 Å². The highest BCUT2D eigenvalue weighted by molar-refractivity contribution is 5.99. The number of amides is 2. The van der Waals surface area contributed by atoms with Crippen molar-refractivity contribution in [2.24, 2.45) is 0 Å². The highest BCUT2D eigenvalue weighted by Gasteiger charge is 2.25. The van der Waals surface area contributed by atoms with Gasteiger partial charge in [0.2, 0.25) is 11.9 Å². The molecule has 7 heteroatoms. The molecule has 4 rings (SSSR count). The van der Waals surface area contributed by atoms with E-state index in [0.29, 0.717) is 23.9 Å². The van der Waals surface area contributed by atoms with Gasteiger partial charge in [-0.15, -0.1) is 0 Å². The van der Waals surface area contributed by atoms with Crippen molar-refractivity contribution in [1.82, 2.24) is 9.55 Å². The molecule has 2 aromatic carbocycles. The number of nitrogens with zero attached hydrogens (tertiary/aromatic N) is 3. The third-order valence-corrected chi connectivity index (χ3v) is 4.59. The zero-order valence-corrected chi connectivity index (χ0v) is 15.0. The molecule has 0 unspecified atom stereocenters. The quantitative estimate of drug-likeness (QED) is 0.755. The molecule has 0 spiro atoms. The van der Waals surface area contributed by atoms with E-state index in [1.807, 2.05) is 60.0 Å². The van der Waals surface area contributed by atoms with Crippen LogP contribution >= 0.6 is 0 Å². The van der Waals surface area contributed by atoms with Gasteiger partial charge in [-0.3, -0.25) is 14.9 Å². The summed E-state index contributed by atoms with van der Waals surface area (Å²) in [6.45, 7) is 2.99. The summed E-state index contributed by atoms with van der Waals surface area (Å²) in [5.41, 5.74) is 2.52. The molecule has 138 valence electrons. The van der Waals surface area contributed by atoms with E-state index < -0.39 is 0 Å². The number of ether oxygens (including phenoxy) is 1. The number of nitrogens with one attached hydrogen (secondary N) is 1. The van der Waals surface area contributed by atoms with Crippen molar-refractivity contribution in [1.29, 1.82) is 0 Å². The Labute approximate surface area is 156 Å². The Hall–Kier alpha value is -3.35. The third-order valence-electron chi connectivity index (χ3n) is 4.59. The first-order valence-corrected chi connectivity index (χ1v) is 8.94. The molecule has 7 nitrogen and oxygen atoms in total. The fourth-order valence-corrected chi connectivity index (χ4v) is 3.29. The normalized spacial score (nSPS) is 13.4. The van der Waals surface area contributed by atoms with Crippen molar-refractivity contribution in [3.05, 3.63) is 48.5 Å². The van der Waals surface area contributed by atoms with Gasteiger partial charge >= 0.3 is 0 Å². The summed E-state index contributed by atoms with van der Waals surface area (Å²) in [6.07, 6.45) is 0.174. The summed E-state index contributed by atoms with van der Waals surface area (Å²) in [4.78, 5) is 30.8. The number of benzene rings is 2. The predicted octanol–water partition coefficient (Wildman–Crippen LogP) is 2.81. The Morgan fingerprint density at radius 3 is 2.81 bits per heavy atom. The molecule has 0 fully saturated rings. The summed E-state index contributed by atoms with van der Waals surface area (Å²) in [5.74, 6) is 0.849. The molecule has 0 radical (unpaired) electrons. The van der Waals surface area contributed by atoms with Gasteiger partial charge in [0.1, 0.15) is 5.75 Å². The highest BCUT2D eigenvalue weighted by Crippen LogP contribution is 2.31. The Kier molecular flexibility index (Phi) is 4.50. The number of para-hydroxylation sites is 4. The molecule has 0 bridgehead atoms. The van der Waals surface area contributed by atoms with Gasteiger partial charge in [-0.05, 0) is 31.2 Å². The van der Waals surface area contributed by atoms with E-state index in [-0.39, 0.29) is 31.4 Å². The van der Waals surface area contributed by atoms with Crippen molar-refractivity contribution in [3.63, 3.8) is 0 Å². The first-order valence-electron chi connectivity index (χ1n) is 8.94. The van der Waals surface area contributed by atoms with E-state index >= 15 is 0 Å². The first-order chi connectivity index (χ1) is 13.2. The Morgan fingerprint density at radius 2 is 1.96 bits per heavy atom.